The molecule has 0 aromatic carbocycles. The minimum absolute atomic E-state index is 1.36. The lowest BCUT2D eigenvalue weighted by Gasteiger charge is -1.60. The zero-order valence-corrected chi connectivity index (χ0v) is 5.20. The Bertz CT molecular complexity index is 190. The fourth-order valence-corrected chi connectivity index (χ4v) is 0.198. The highest BCUT2D eigenvalue weighted by atomic mass is 14.7. The van der Waals surface area contributed by atoms with Crippen molar-refractivity contribution in [2.24, 2.45) is 15.0 Å². The van der Waals surface area contributed by atoms with E-state index in [0.29, 0.717) is 0 Å². The van der Waals surface area contributed by atoms with Crippen molar-refractivity contribution in [1.29, 1.82) is 0 Å². The summed E-state index contributed by atoms with van der Waals surface area (Å²) in [6.45, 7) is 3.19. The van der Waals surface area contributed by atoms with Crippen molar-refractivity contribution >= 4 is 18.5 Å². The van der Waals surface area contributed by atoms with Crippen LogP contribution in [-0.2, 0) is 0 Å². The zero-order chi connectivity index (χ0) is 6.95. The van der Waals surface area contributed by atoms with E-state index in [9.17, 15) is 0 Å². The van der Waals surface area contributed by atoms with Crippen molar-refractivity contribution in [2.75, 3.05) is 7.05 Å². The van der Waals surface area contributed by atoms with Crippen LogP contribution in [0.15, 0.2) is 27.4 Å². The van der Waals surface area contributed by atoms with E-state index in [4.69, 9.17) is 0 Å². The fourth-order valence-electron chi connectivity index (χ4n) is 0.198. The fraction of sp³-hybridized carbons (Fsp3) is 0.167. The van der Waals surface area contributed by atoms with Crippen molar-refractivity contribution in [3.8, 4) is 0 Å². The van der Waals surface area contributed by atoms with Crippen LogP contribution in [0, 0.1) is 0 Å². The molecule has 0 amide bonds. The molecule has 0 heterocycles. The topological polar surface area (TPSA) is 37.1 Å². The summed E-state index contributed by atoms with van der Waals surface area (Å²) in [6, 6.07) is 0. The smallest absolute Gasteiger partial charge is 0.0977 e. The Hall–Kier alpha value is -1.43. The van der Waals surface area contributed by atoms with E-state index in [-0.39, 0.29) is 0 Å². The molecule has 0 N–H and O–H groups in total. The molecule has 0 rings (SSSR count). The van der Waals surface area contributed by atoms with E-state index >= 15 is 0 Å². The first kappa shape index (κ1) is 7.57. The van der Waals surface area contributed by atoms with Crippen molar-refractivity contribution in [1.82, 2.24) is 0 Å². The molecule has 0 atom stereocenters. The zero-order valence-electron chi connectivity index (χ0n) is 5.20. The van der Waals surface area contributed by atoms with Gasteiger partial charge in [-0.3, -0.25) is 4.99 Å². The maximum Gasteiger partial charge on any atom is 0.0977 e. The predicted molar refractivity (Wildman–Crippen MR) is 39.5 cm³/mol. The number of rotatable bonds is 2. The second kappa shape index (κ2) is 6.57. The quantitative estimate of drug-likeness (QED) is 0.482. The second-order valence-corrected chi connectivity index (χ2v) is 1.05. The maximum atomic E-state index is 3.58. The van der Waals surface area contributed by atoms with Gasteiger partial charge in [-0.05, 0) is 6.72 Å². The van der Waals surface area contributed by atoms with E-state index in [2.05, 4.69) is 33.4 Å². The van der Waals surface area contributed by atoms with Crippen LogP contribution in [-0.4, -0.2) is 25.5 Å². The molecular weight excluding hydrogens is 114 g/mol. The molecule has 3 heteroatoms. The Balaban J connectivity index is 3.86. The molecule has 3 nitrogen and oxygen atoms in total. The van der Waals surface area contributed by atoms with Gasteiger partial charge < -0.3 is 0 Å². The summed E-state index contributed by atoms with van der Waals surface area (Å²) in [5.74, 6) is 4.96. The SMILES string of the molecule is C=NC=C=NC=C=NC. The Morgan fingerprint density at radius 3 is 2.67 bits per heavy atom. The highest BCUT2D eigenvalue weighted by Crippen LogP contribution is 1.61. The summed E-state index contributed by atoms with van der Waals surface area (Å²) in [6.07, 6.45) is 2.75. The lowest BCUT2D eigenvalue weighted by Crippen LogP contribution is -1.53. The Morgan fingerprint density at radius 2 is 2.11 bits per heavy atom. The largest absolute Gasteiger partial charge is 0.263 e. The first-order valence-corrected chi connectivity index (χ1v) is 2.30. The van der Waals surface area contributed by atoms with Gasteiger partial charge in [0.15, 0.2) is 0 Å². The summed E-state index contributed by atoms with van der Waals surface area (Å²) in [4.78, 5) is 10.5. The highest BCUT2D eigenvalue weighted by Gasteiger charge is 1.51. The molecular formula is C6H7N3. The molecule has 0 fully saturated rings. The lowest BCUT2D eigenvalue weighted by atomic mass is 10.9. The molecule has 0 spiro atoms. The van der Waals surface area contributed by atoms with E-state index in [0.717, 1.165) is 0 Å². The van der Waals surface area contributed by atoms with Gasteiger partial charge in [0.1, 0.15) is 0 Å². The number of hydrogen-bond donors (Lipinski definition) is 0. The summed E-state index contributed by atoms with van der Waals surface area (Å²) in [7, 11) is 1.61. The molecule has 0 radical (unpaired) electrons. The maximum absolute atomic E-state index is 3.58. The highest BCUT2D eigenvalue weighted by molar-refractivity contribution is 5.58. The van der Waals surface area contributed by atoms with Crippen LogP contribution in [0.2, 0.25) is 0 Å². The van der Waals surface area contributed by atoms with Gasteiger partial charge in [0, 0.05) is 18.8 Å². The van der Waals surface area contributed by atoms with Gasteiger partial charge in [0.05, 0.1) is 12.4 Å². The number of nitrogens with zero attached hydrogens (tertiary/aromatic N) is 3. The van der Waals surface area contributed by atoms with Gasteiger partial charge >= 0.3 is 0 Å². The van der Waals surface area contributed by atoms with Crippen molar-refractivity contribution in [3.63, 3.8) is 0 Å². The Morgan fingerprint density at radius 1 is 1.33 bits per heavy atom. The molecule has 0 unspecified atom stereocenters. The van der Waals surface area contributed by atoms with Crippen LogP contribution in [0.5, 0.6) is 0 Å². The van der Waals surface area contributed by atoms with E-state index < -0.39 is 0 Å². The van der Waals surface area contributed by atoms with E-state index in [1.807, 2.05) is 0 Å². The molecule has 0 aliphatic rings. The third-order valence-corrected chi connectivity index (χ3v) is 0.475. The van der Waals surface area contributed by atoms with Crippen LogP contribution >= 0.6 is 0 Å². The van der Waals surface area contributed by atoms with Crippen LogP contribution in [0.4, 0.5) is 0 Å². The van der Waals surface area contributed by atoms with Crippen LogP contribution in [0.3, 0.4) is 0 Å². The number of aliphatic imine (C=N–C) groups is 3. The van der Waals surface area contributed by atoms with Gasteiger partial charge in [-0.2, -0.15) is 0 Å². The van der Waals surface area contributed by atoms with Crippen LogP contribution in [0.25, 0.3) is 0 Å². The third kappa shape index (κ3) is 6.57. The normalized spacial score (nSPS) is 5.89. The number of hydrogen-bond acceptors (Lipinski definition) is 3. The predicted octanol–water partition coefficient (Wildman–Crippen LogP) is 0.684. The molecule has 0 saturated heterocycles. The molecule has 0 bridgehead atoms. The molecule has 0 aromatic rings. The van der Waals surface area contributed by atoms with Crippen molar-refractivity contribution in [3.05, 3.63) is 12.4 Å². The second-order valence-electron chi connectivity index (χ2n) is 1.05. The minimum atomic E-state index is 1.36. The van der Waals surface area contributed by atoms with Gasteiger partial charge in [0.2, 0.25) is 0 Å². The molecule has 0 saturated carbocycles. The monoisotopic (exact) mass is 121 g/mol. The van der Waals surface area contributed by atoms with Crippen LogP contribution in [0.1, 0.15) is 0 Å². The van der Waals surface area contributed by atoms with Crippen molar-refractivity contribution in [2.45, 2.75) is 0 Å². The molecule has 46 valence electrons. The standard InChI is InChI=1S/C6H7N3/c1-7-3-5-9-6-4-8-2/h3,6H,1H2,2H3. The minimum Gasteiger partial charge on any atom is -0.263 e. The average molecular weight is 121 g/mol. The average Bonchev–Trinajstić information content (AvgIpc) is 1.89. The Kier molecular flexibility index (Phi) is 5.53. The molecule has 0 aliphatic carbocycles. The third-order valence-electron chi connectivity index (χ3n) is 0.475. The van der Waals surface area contributed by atoms with E-state index in [1.54, 1.807) is 7.05 Å². The van der Waals surface area contributed by atoms with Crippen molar-refractivity contribution < 1.29 is 0 Å². The summed E-state index contributed by atoms with van der Waals surface area (Å²) in [5.41, 5.74) is 0. The Labute approximate surface area is 53.9 Å². The summed E-state index contributed by atoms with van der Waals surface area (Å²) < 4.78 is 0. The van der Waals surface area contributed by atoms with Gasteiger partial charge in [0.25, 0.3) is 0 Å². The first-order chi connectivity index (χ1) is 4.41. The molecule has 9 heavy (non-hydrogen) atoms. The van der Waals surface area contributed by atoms with E-state index in [1.165, 1.54) is 12.4 Å². The van der Waals surface area contributed by atoms with Gasteiger partial charge in [-0.1, -0.05) is 0 Å². The first-order valence-electron chi connectivity index (χ1n) is 2.30. The summed E-state index contributed by atoms with van der Waals surface area (Å²) in [5, 5.41) is 0. The molecule has 0 aliphatic heterocycles. The van der Waals surface area contributed by atoms with Crippen LogP contribution < -0.4 is 0 Å². The van der Waals surface area contributed by atoms with Gasteiger partial charge in [-0.25, -0.2) is 9.98 Å². The summed E-state index contributed by atoms with van der Waals surface area (Å²) >= 11 is 0. The lowest BCUT2D eigenvalue weighted by molar-refractivity contribution is 1.47. The van der Waals surface area contributed by atoms with Gasteiger partial charge in [-0.15, -0.1) is 0 Å². The molecule has 0 aromatic heterocycles.